The van der Waals surface area contributed by atoms with Gasteiger partial charge in [0, 0.05) is 0 Å². The van der Waals surface area contributed by atoms with Gasteiger partial charge in [-0.25, -0.2) is 0 Å². The van der Waals surface area contributed by atoms with E-state index < -0.39 is 5.83 Å². The number of nitrogens with zero attached hydrogens (tertiary/aromatic N) is 1. The van der Waals surface area contributed by atoms with Crippen molar-refractivity contribution in [3.8, 4) is 6.07 Å². The van der Waals surface area contributed by atoms with Crippen molar-refractivity contribution < 1.29 is 4.39 Å². The lowest BCUT2D eigenvalue weighted by molar-refractivity contribution is 0.290. The molecule has 138 valence electrons. The Labute approximate surface area is 153 Å². The van der Waals surface area contributed by atoms with Crippen LogP contribution in [-0.4, -0.2) is 0 Å². The van der Waals surface area contributed by atoms with Crippen molar-refractivity contribution in [2.45, 2.75) is 77.6 Å². The molecule has 0 bridgehead atoms. The number of halogens is 1. The van der Waals surface area contributed by atoms with Crippen molar-refractivity contribution in [3.05, 3.63) is 36.2 Å². The molecular weight excluding hydrogens is 309 g/mol. The van der Waals surface area contributed by atoms with Crippen molar-refractivity contribution >= 4 is 0 Å². The molecule has 0 spiro atoms. The third kappa shape index (κ3) is 7.59. The fourth-order valence-electron chi connectivity index (χ4n) is 4.39. The molecule has 0 atom stereocenters. The van der Waals surface area contributed by atoms with Crippen LogP contribution in [0.1, 0.15) is 77.6 Å². The van der Waals surface area contributed by atoms with E-state index in [1.54, 1.807) is 6.08 Å². The SMILES string of the molecule is CCC1CCC(/C=C/C2CCC(CCC=CC=C(F)C#N)CC2)CC1. The fourth-order valence-corrected chi connectivity index (χ4v) is 4.39. The van der Waals surface area contributed by atoms with Gasteiger partial charge in [0.2, 0.25) is 0 Å². The fraction of sp³-hybridized carbons (Fsp3) is 0.696. The third-order valence-corrected chi connectivity index (χ3v) is 6.24. The predicted octanol–water partition coefficient (Wildman–Crippen LogP) is 7.28. The van der Waals surface area contributed by atoms with Crippen LogP contribution in [0.3, 0.4) is 0 Å². The van der Waals surface area contributed by atoms with Gasteiger partial charge in [-0.15, -0.1) is 0 Å². The van der Waals surface area contributed by atoms with E-state index in [1.807, 2.05) is 6.08 Å². The van der Waals surface area contributed by atoms with Crippen molar-refractivity contribution in [2.75, 3.05) is 0 Å². The molecule has 0 amide bonds. The lowest BCUT2D eigenvalue weighted by Crippen LogP contribution is -2.14. The third-order valence-electron chi connectivity index (χ3n) is 6.24. The zero-order valence-corrected chi connectivity index (χ0v) is 15.8. The van der Waals surface area contributed by atoms with Crippen LogP contribution < -0.4 is 0 Å². The molecule has 0 N–H and O–H groups in total. The molecule has 2 heteroatoms. The second-order valence-corrected chi connectivity index (χ2v) is 7.99. The molecule has 0 saturated heterocycles. The molecule has 2 aliphatic rings. The van der Waals surface area contributed by atoms with Crippen molar-refractivity contribution in [1.82, 2.24) is 0 Å². The van der Waals surface area contributed by atoms with Crippen LogP contribution in [-0.2, 0) is 0 Å². The second-order valence-electron chi connectivity index (χ2n) is 7.99. The smallest absolute Gasteiger partial charge is 0.195 e. The van der Waals surface area contributed by atoms with E-state index in [4.69, 9.17) is 5.26 Å². The lowest BCUT2D eigenvalue weighted by atomic mass is 9.78. The van der Waals surface area contributed by atoms with Gasteiger partial charge in [0.1, 0.15) is 6.07 Å². The highest BCUT2D eigenvalue weighted by atomic mass is 19.1. The Morgan fingerprint density at radius 1 is 0.960 bits per heavy atom. The molecule has 2 saturated carbocycles. The molecule has 2 aliphatic carbocycles. The topological polar surface area (TPSA) is 23.8 Å². The van der Waals surface area contributed by atoms with E-state index in [1.165, 1.54) is 76.4 Å². The van der Waals surface area contributed by atoms with Crippen molar-refractivity contribution in [2.24, 2.45) is 23.7 Å². The summed E-state index contributed by atoms with van der Waals surface area (Å²) in [7, 11) is 0. The summed E-state index contributed by atoms with van der Waals surface area (Å²) in [5, 5.41) is 8.34. The van der Waals surface area contributed by atoms with Gasteiger partial charge in [0.25, 0.3) is 0 Å². The number of nitriles is 1. The average molecular weight is 344 g/mol. The minimum Gasteiger partial charge on any atom is -0.195 e. The molecule has 0 aromatic carbocycles. The highest BCUT2D eigenvalue weighted by Gasteiger charge is 2.21. The maximum absolute atomic E-state index is 12.6. The predicted molar refractivity (Wildman–Crippen MR) is 104 cm³/mol. The summed E-state index contributed by atoms with van der Waals surface area (Å²) >= 11 is 0. The maximum Gasteiger partial charge on any atom is 0.199 e. The first-order chi connectivity index (χ1) is 12.2. The summed E-state index contributed by atoms with van der Waals surface area (Å²) in [6.45, 7) is 2.33. The second kappa shape index (κ2) is 11.3. The van der Waals surface area contributed by atoms with Gasteiger partial charge in [-0.05, 0) is 94.0 Å². The van der Waals surface area contributed by atoms with Gasteiger partial charge in [-0.3, -0.25) is 0 Å². The van der Waals surface area contributed by atoms with Crippen molar-refractivity contribution in [1.29, 1.82) is 5.26 Å². The number of allylic oxidation sites excluding steroid dienone is 6. The van der Waals surface area contributed by atoms with Crippen LogP contribution in [0.5, 0.6) is 0 Å². The standard InChI is InChI=1S/C23H34FN/c1-2-19-8-10-21(11-9-19)16-17-22-14-12-20(13-15-22)6-4-3-5-7-23(24)18-25/h3,5,7,16-17,19-22H,2,4,6,8-15H2,1H3/b5-3?,17-16+,23-7?. The molecule has 0 unspecified atom stereocenters. The Morgan fingerprint density at radius 2 is 1.52 bits per heavy atom. The Hall–Kier alpha value is -1.36. The van der Waals surface area contributed by atoms with E-state index in [2.05, 4.69) is 19.1 Å². The molecule has 0 heterocycles. The molecule has 1 nitrogen and oxygen atoms in total. The van der Waals surface area contributed by atoms with Gasteiger partial charge in [0.05, 0.1) is 0 Å². The molecule has 2 fully saturated rings. The van der Waals surface area contributed by atoms with Crippen LogP contribution in [0.15, 0.2) is 36.2 Å². The molecule has 25 heavy (non-hydrogen) atoms. The van der Waals surface area contributed by atoms with Crippen LogP contribution >= 0.6 is 0 Å². The summed E-state index contributed by atoms with van der Waals surface area (Å²) in [5.41, 5.74) is 0. The van der Waals surface area contributed by atoms with Crippen LogP contribution in [0.2, 0.25) is 0 Å². The highest BCUT2D eigenvalue weighted by Crippen LogP contribution is 2.35. The first kappa shape index (κ1) is 20.0. The zero-order valence-electron chi connectivity index (χ0n) is 15.8. The number of hydrogen-bond acceptors (Lipinski definition) is 1. The maximum atomic E-state index is 12.6. The summed E-state index contributed by atoms with van der Waals surface area (Å²) in [5.74, 6) is 2.72. The van der Waals surface area contributed by atoms with Gasteiger partial charge < -0.3 is 0 Å². The largest absolute Gasteiger partial charge is 0.199 e. The Kier molecular flexibility index (Phi) is 9.02. The van der Waals surface area contributed by atoms with E-state index in [0.29, 0.717) is 0 Å². The summed E-state index contributed by atoms with van der Waals surface area (Å²) in [6.07, 6.45) is 24.5. The Morgan fingerprint density at radius 3 is 2.04 bits per heavy atom. The summed E-state index contributed by atoms with van der Waals surface area (Å²) in [4.78, 5) is 0. The summed E-state index contributed by atoms with van der Waals surface area (Å²) in [6, 6.07) is 1.49. The van der Waals surface area contributed by atoms with Gasteiger partial charge in [0.15, 0.2) is 5.83 Å². The summed E-state index contributed by atoms with van der Waals surface area (Å²) < 4.78 is 12.6. The van der Waals surface area contributed by atoms with Crippen LogP contribution in [0.4, 0.5) is 4.39 Å². The quantitative estimate of drug-likeness (QED) is 0.271. The Bertz CT molecular complexity index is 495. The minimum absolute atomic E-state index is 0.716. The molecule has 0 radical (unpaired) electrons. The zero-order chi connectivity index (χ0) is 17.9. The molecule has 0 aliphatic heterocycles. The minimum atomic E-state index is -0.716. The molecule has 0 aromatic heterocycles. The van der Waals surface area contributed by atoms with E-state index in [-0.39, 0.29) is 0 Å². The van der Waals surface area contributed by atoms with Crippen LogP contribution in [0, 0.1) is 35.0 Å². The van der Waals surface area contributed by atoms with Crippen LogP contribution in [0.25, 0.3) is 0 Å². The average Bonchev–Trinajstić information content (AvgIpc) is 2.67. The van der Waals surface area contributed by atoms with Gasteiger partial charge in [-0.1, -0.05) is 37.6 Å². The van der Waals surface area contributed by atoms with E-state index >= 15 is 0 Å². The monoisotopic (exact) mass is 343 g/mol. The van der Waals surface area contributed by atoms with E-state index in [0.717, 1.165) is 30.1 Å². The lowest BCUT2D eigenvalue weighted by Gasteiger charge is -2.28. The highest BCUT2D eigenvalue weighted by molar-refractivity contribution is 5.18. The van der Waals surface area contributed by atoms with Gasteiger partial charge >= 0.3 is 0 Å². The first-order valence-corrected chi connectivity index (χ1v) is 10.3. The normalized spacial score (nSPS) is 31.5. The molecule has 2 rings (SSSR count). The first-order valence-electron chi connectivity index (χ1n) is 10.3. The molecular formula is C23H34FN. The molecule has 0 aromatic rings. The number of rotatable bonds is 7. The number of hydrogen-bond donors (Lipinski definition) is 0. The van der Waals surface area contributed by atoms with Crippen molar-refractivity contribution in [3.63, 3.8) is 0 Å². The van der Waals surface area contributed by atoms with Gasteiger partial charge in [-0.2, -0.15) is 9.65 Å². The van der Waals surface area contributed by atoms with E-state index in [9.17, 15) is 4.39 Å². The Balaban J connectivity index is 1.60.